The summed E-state index contributed by atoms with van der Waals surface area (Å²) in [6.07, 6.45) is -0.455. The number of carbonyl (C=O) groups excluding carboxylic acids is 3. The van der Waals surface area contributed by atoms with E-state index in [0.717, 1.165) is 17.9 Å². The first kappa shape index (κ1) is 18.5. The highest BCUT2D eigenvalue weighted by Gasteiger charge is 2.55. The van der Waals surface area contributed by atoms with Crippen molar-refractivity contribution in [1.29, 1.82) is 5.26 Å². The van der Waals surface area contributed by atoms with Crippen LogP contribution in [0.2, 0.25) is 0 Å². The summed E-state index contributed by atoms with van der Waals surface area (Å²) in [5.74, 6) is -3.55. The lowest BCUT2D eigenvalue weighted by atomic mass is 9.77. The van der Waals surface area contributed by atoms with Gasteiger partial charge < -0.3 is 15.4 Å². The third-order valence-electron chi connectivity index (χ3n) is 4.52. The van der Waals surface area contributed by atoms with Crippen molar-refractivity contribution < 1.29 is 19.1 Å². The number of methoxy groups -OCH3 is 1. The fourth-order valence-electron chi connectivity index (χ4n) is 3.17. The third kappa shape index (κ3) is 3.25. The van der Waals surface area contributed by atoms with Gasteiger partial charge in [-0.3, -0.25) is 9.59 Å². The molecule has 0 spiro atoms. The molecule has 2 aromatic carbocycles. The second kappa shape index (κ2) is 7.13. The van der Waals surface area contributed by atoms with Crippen LogP contribution in [0.25, 0.3) is 10.8 Å². The number of ether oxygens (including phenoxy) is 1. The van der Waals surface area contributed by atoms with E-state index in [9.17, 15) is 19.6 Å². The molecule has 2 atom stereocenters. The summed E-state index contributed by atoms with van der Waals surface area (Å²) >= 11 is 4.96. The summed E-state index contributed by atoms with van der Waals surface area (Å²) < 4.78 is 4.78. The fourth-order valence-corrected chi connectivity index (χ4v) is 3.45. The van der Waals surface area contributed by atoms with Gasteiger partial charge >= 0.3 is 5.97 Å². The number of nitrogens with one attached hydrogen (secondary N) is 2. The summed E-state index contributed by atoms with van der Waals surface area (Å²) in [6, 6.07) is 14.4. The molecule has 0 saturated carbocycles. The first-order valence-electron chi connectivity index (χ1n) is 8.04. The Morgan fingerprint density at radius 3 is 2.63 bits per heavy atom. The standard InChI is InChI=1S/C19H15N3O4S/c1-26-17(25)19(14(10-20)16(24)21-18(27)22-19)9-15(23)13-7-6-11-4-2-3-5-12(11)8-13/h2-8,14H,9H2,1H3,(H2,21,22,24,27)/t14-,19+/m0/s1. The number of nitriles is 1. The molecule has 0 unspecified atom stereocenters. The monoisotopic (exact) mass is 381 g/mol. The van der Waals surface area contributed by atoms with Crippen molar-refractivity contribution in [1.82, 2.24) is 10.6 Å². The average molecular weight is 381 g/mol. The van der Waals surface area contributed by atoms with Gasteiger partial charge in [0.05, 0.1) is 13.2 Å². The normalized spacial score (nSPS) is 21.7. The molecule has 1 aliphatic heterocycles. The highest BCUT2D eigenvalue weighted by Crippen LogP contribution is 2.29. The van der Waals surface area contributed by atoms with Crippen LogP contribution in [-0.4, -0.2) is 35.4 Å². The maximum atomic E-state index is 12.9. The molecule has 1 amide bonds. The smallest absolute Gasteiger partial charge is 0.334 e. The molecular weight excluding hydrogens is 366 g/mol. The number of amides is 1. The van der Waals surface area contributed by atoms with Crippen molar-refractivity contribution in [3.63, 3.8) is 0 Å². The molecule has 7 nitrogen and oxygen atoms in total. The minimum absolute atomic E-state index is 0.136. The summed E-state index contributed by atoms with van der Waals surface area (Å²) in [4.78, 5) is 37.6. The molecule has 0 aliphatic carbocycles. The zero-order valence-electron chi connectivity index (χ0n) is 14.3. The highest BCUT2D eigenvalue weighted by molar-refractivity contribution is 7.80. The summed E-state index contributed by atoms with van der Waals surface area (Å²) in [5.41, 5.74) is -1.53. The zero-order valence-corrected chi connectivity index (χ0v) is 15.1. The lowest BCUT2D eigenvalue weighted by molar-refractivity contribution is -0.152. The van der Waals surface area contributed by atoms with Crippen LogP contribution in [0.4, 0.5) is 0 Å². The number of esters is 1. The number of fused-ring (bicyclic) bond motifs is 1. The van der Waals surface area contributed by atoms with Crippen molar-refractivity contribution in [2.45, 2.75) is 12.0 Å². The topological polar surface area (TPSA) is 108 Å². The lowest BCUT2D eigenvalue weighted by Gasteiger charge is -2.38. The van der Waals surface area contributed by atoms with Gasteiger partial charge in [-0.25, -0.2) is 4.79 Å². The van der Waals surface area contributed by atoms with E-state index in [-0.39, 0.29) is 5.11 Å². The van der Waals surface area contributed by atoms with Gasteiger partial charge in [-0.2, -0.15) is 5.26 Å². The van der Waals surface area contributed by atoms with E-state index in [1.807, 2.05) is 24.3 Å². The predicted molar refractivity (Wildman–Crippen MR) is 101 cm³/mol. The number of carbonyl (C=O) groups is 3. The largest absolute Gasteiger partial charge is 0.467 e. The van der Waals surface area contributed by atoms with Crippen molar-refractivity contribution in [3.8, 4) is 6.07 Å². The minimum atomic E-state index is -1.88. The first-order valence-corrected chi connectivity index (χ1v) is 8.45. The fraction of sp³-hybridized carbons (Fsp3) is 0.211. The van der Waals surface area contributed by atoms with E-state index in [0.29, 0.717) is 5.56 Å². The molecule has 8 heteroatoms. The molecule has 0 aromatic heterocycles. The van der Waals surface area contributed by atoms with Crippen molar-refractivity contribution in [2.24, 2.45) is 5.92 Å². The maximum absolute atomic E-state index is 12.9. The van der Waals surface area contributed by atoms with Gasteiger partial charge in [-0.05, 0) is 29.1 Å². The molecule has 0 bridgehead atoms. The van der Waals surface area contributed by atoms with Crippen LogP contribution in [0.15, 0.2) is 42.5 Å². The number of hydrogen-bond acceptors (Lipinski definition) is 6. The number of ketones is 1. The zero-order chi connectivity index (χ0) is 19.6. The Morgan fingerprint density at radius 2 is 1.96 bits per heavy atom. The molecule has 1 heterocycles. The molecule has 2 aromatic rings. The predicted octanol–water partition coefficient (Wildman–Crippen LogP) is 1.47. The first-order chi connectivity index (χ1) is 12.9. The molecule has 1 saturated heterocycles. The summed E-state index contributed by atoms with van der Waals surface area (Å²) in [7, 11) is 1.12. The van der Waals surface area contributed by atoms with Gasteiger partial charge in [-0.15, -0.1) is 0 Å². The Labute approximate surface area is 160 Å². The number of thiocarbonyl (C=S) groups is 1. The number of Topliss-reactive ketones (excluding diaryl/α,β-unsaturated/α-hetero) is 1. The van der Waals surface area contributed by atoms with E-state index in [4.69, 9.17) is 17.0 Å². The van der Waals surface area contributed by atoms with Gasteiger partial charge in [0.25, 0.3) is 0 Å². The van der Waals surface area contributed by atoms with Crippen molar-refractivity contribution in [2.75, 3.05) is 7.11 Å². The minimum Gasteiger partial charge on any atom is -0.467 e. The van der Waals surface area contributed by atoms with Gasteiger partial charge in [0, 0.05) is 12.0 Å². The number of rotatable bonds is 4. The number of nitrogens with zero attached hydrogens (tertiary/aromatic N) is 1. The van der Waals surface area contributed by atoms with Gasteiger partial charge in [0.15, 0.2) is 22.4 Å². The third-order valence-corrected chi connectivity index (χ3v) is 4.72. The Morgan fingerprint density at radius 1 is 1.26 bits per heavy atom. The molecular formula is C19H15N3O4S. The van der Waals surface area contributed by atoms with E-state index in [1.165, 1.54) is 0 Å². The molecule has 1 aliphatic rings. The summed E-state index contributed by atoms with van der Waals surface area (Å²) in [5, 5.41) is 16.0. The van der Waals surface area contributed by atoms with Crippen LogP contribution in [0.1, 0.15) is 16.8 Å². The van der Waals surface area contributed by atoms with E-state index < -0.39 is 35.5 Å². The van der Waals surface area contributed by atoms with Crippen LogP contribution in [0, 0.1) is 17.2 Å². The quantitative estimate of drug-likeness (QED) is 0.469. The maximum Gasteiger partial charge on any atom is 0.334 e. The van der Waals surface area contributed by atoms with Crippen LogP contribution < -0.4 is 10.6 Å². The van der Waals surface area contributed by atoms with Crippen LogP contribution in [-0.2, 0) is 14.3 Å². The van der Waals surface area contributed by atoms with Crippen molar-refractivity contribution >= 4 is 45.8 Å². The molecule has 2 N–H and O–H groups in total. The van der Waals surface area contributed by atoms with E-state index in [2.05, 4.69) is 10.6 Å². The molecule has 136 valence electrons. The van der Waals surface area contributed by atoms with Crippen molar-refractivity contribution in [3.05, 3.63) is 48.0 Å². The van der Waals surface area contributed by atoms with Crippen LogP contribution in [0.3, 0.4) is 0 Å². The SMILES string of the molecule is COC(=O)[C@]1(CC(=O)c2ccc3ccccc3c2)NC(=S)NC(=O)[C@@H]1C#N. The Hall–Kier alpha value is -3.31. The second-order valence-corrected chi connectivity index (χ2v) is 6.54. The van der Waals surface area contributed by atoms with Crippen LogP contribution >= 0.6 is 12.2 Å². The Balaban J connectivity index is 2.02. The molecule has 1 fully saturated rings. The summed E-state index contributed by atoms with van der Waals surface area (Å²) in [6.45, 7) is 0. The van der Waals surface area contributed by atoms with Gasteiger partial charge in [0.1, 0.15) is 0 Å². The Bertz CT molecular complexity index is 1010. The number of hydrogen-bond donors (Lipinski definition) is 2. The average Bonchev–Trinajstić information content (AvgIpc) is 2.66. The molecule has 0 radical (unpaired) electrons. The molecule has 27 heavy (non-hydrogen) atoms. The van der Waals surface area contributed by atoms with Gasteiger partial charge in [-0.1, -0.05) is 36.4 Å². The number of benzene rings is 2. The lowest BCUT2D eigenvalue weighted by Crippen LogP contribution is -2.70. The second-order valence-electron chi connectivity index (χ2n) is 6.13. The van der Waals surface area contributed by atoms with Crippen LogP contribution in [0.5, 0.6) is 0 Å². The Kier molecular flexibility index (Phi) is 4.88. The van der Waals surface area contributed by atoms with E-state index >= 15 is 0 Å². The van der Waals surface area contributed by atoms with Gasteiger partial charge in [0.2, 0.25) is 5.91 Å². The molecule has 3 rings (SSSR count). The van der Waals surface area contributed by atoms with E-state index in [1.54, 1.807) is 24.3 Å². The highest BCUT2D eigenvalue weighted by atomic mass is 32.1.